The first-order valence-corrected chi connectivity index (χ1v) is 6.56. The molecule has 2 aromatic carbocycles. The third-order valence-electron chi connectivity index (χ3n) is 2.80. The van der Waals surface area contributed by atoms with Crippen LogP contribution >= 0.6 is 0 Å². The van der Waals surface area contributed by atoms with Gasteiger partial charge in [-0.1, -0.05) is 48.5 Å². The molecule has 0 unspecified atom stereocenters. The lowest BCUT2D eigenvalue weighted by Gasteiger charge is -2.07. The average Bonchev–Trinajstić information content (AvgIpc) is 2.47. The summed E-state index contributed by atoms with van der Waals surface area (Å²) in [6, 6.07) is 19.5. The number of carbonyl (C=O) groups excluding carboxylic acids is 1. The van der Waals surface area contributed by atoms with Crippen LogP contribution in [0, 0.1) is 0 Å². The molecule has 0 fully saturated rings. The van der Waals surface area contributed by atoms with Gasteiger partial charge in [0.15, 0.2) is 0 Å². The van der Waals surface area contributed by atoms with Gasteiger partial charge in [0.2, 0.25) is 5.91 Å². The topological polar surface area (TPSA) is 41.1 Å². The molecule has 0 aromatic heterocycles. The van der Waals surface area contributed by atoms with E-state index in [1.165, 1.54) is 5.56 Å². The van der Waals surface area contributed by atoms with E-state index in [2.05, 4.69) is 10.6 Å². The Balaban J connectivity index is 1.85. The minimum atomic E-state index is -0.130. The molecule has 0 spiro atoms. The van der Waals surface area contributed by atoms with Crippen molar-refractivity contribution in [2.75, 3.05) is 5.32 Å². The van der Waals surface area contributed by atoms with Gasteiger partial charge in [-0.05, 0) is 24.6 Å². The highest BCUT2D eigenvalue weighted by molar-refractivity contribution is 5.99. The van der Waals surface area contributed by atoms with Crippen LogP contribution in [-0.4, -0.2) is 5.91 Å². The van der Waals surface area contributed by atoms with Crippen molar-refractivity contribution in [2.24, 2.45) is 0 Å². The molecule has 0 aliphatic rings. The lowest BCUT2D eigenvalue weighted by atomic mass is 10.2. The number of nitrogens with one attached hydrogen (secondary N) is 2. The highest BCUT2D eigenvalue weighted by Gasteiger charge is 1.99. The zero-order valence-corrected chi connectivity index (χ0v) is 11.5. The van der Waals surface area contributed by atoms with E-state index in [1.807, 2.05) is 67.6 Å². The van der Waals surface area contributed by atoms with Crippen LogP contribution in [0.1, 0.15) is 12.5 Å². The Kier molecular flexibility index (Phi) is 4.95. The van der Waals surface area contributed by atoms with Crippen molar-refractivity contribution < 1.29 is 4.79 Å². The summed E-state index contributed by atoms with van der Waals surface area (Å²) >= 11 is 0. The summed E-state index contributed by atoms with van der Waals surface area (Å²) in [6.07, 6.45) is 1.57. The van der Waals surface area contributed by atoms with Crippen molar-refractivity contribution >= 4 is 11.6 Å². The lowest BCUT2D eigenvalue weighted by Crippen LogP contribution is -2.15. The van der Waals surface area contributed by atoms with Gasteiger partial charge in [-0.2, -0.15) is 0 Å². The van der Waals surface area contributed by atoms with E-state index in [4.69, 9.17) is 0 Å². The lowest BCUT2D eigenvalue weighted by molar-refractivity contribution is -0.112. The molecule has 0 bridgehead atoms. The molecule has 0 saturated heterocycles. The Bertz CT molecular complexity index is 576. The molecule has 0 aliphatic heterocycles. The molecule has 2 N–H and O–H groups in total. The predicted octanol–water partition coefficient (Wildman–Crippen LogP) is 3.32. The third-order valence-corrected chi connectivity index (χ3v) is 2.80. The standard InChI is InChI=1S/C17H18N2O/c1-14(18-13-15-8-4-2-5-9-15)12-17(20)19-16-10-6-3-7-11-16/h2-12,18H,13H2,1H3,(H,19,20). The summed E-state index contributed by atoms with van der Waals surface area (Å²) in [4.78, 5) is 11.8. The van der Waals surface area contributed by atoms with Crippen molar-refractivity contribution in [3.8, 4) is 0 Å². The second-order valence-electron chi connectivity index (χ2n) is 4.52. The van der Waals surface area contributed by atoms with Gasteiger partial charge < -0.3 is 10.6 Å². The molecule has 20 heavy (non-hydrogen) atoms. The van der Waals surface area contributed by atoms with E-state index in [0.717, 1.165) is 11.4 Å². The minimum absolute atomic E-state index is 0.130. The minimum Gasteiger partial charge on any atom is -0.384 e. The number of anilines is 1. The van der Waals surface area contributed by atoms with Crippen molar-refractivity contribution in [3.05, 3.63) is 78.0 Å². The highest BCUT2D eigenvalue weighted by atomic mass is 16.1. The van der Waals surface area contributed by atoms with Crippen LogP contribution in [0.5, 0.6) is 0 Å². The molecule has 0 heterocycles. The number of carbonyl (C=O) groups is 1. The van der Waals surface area contributed by atoms with E-state index in [9.17, 15) is 4.79 Å². The predicted molar refractivity (Wildman–Crippen MR) is 82.1 cm³/mol. The third kappa shape index (κ3) is 4.61. The Morgan fingerprint density at radius 1 is 1.00 bits per heavy atom. The monoisotopic (exact) mass is 266 g/mol. The number of hydrogen-bond donors (Lipinski definition) is 2. The molecular formula is C17H18N2O. The zero-order valence-electron chi connectivity index (χ0n) is 11.5. The Morgan fingerprint density at radius 2 is 1.60 bits per heavy atom. The van der Waals surface area contributed by atoms with Gasteiger partial charge in [0, 0.05) is 24.0 Å². The Morgan fingerprint density at radius 3 is 2.25 bits per heavy atom. The van der Waals surface area contributed by atoms with E-state index >= 15 is 0 Å². The number of allylic oxidation sites excluding steroid dienone is 1. The number of hydrogen-bond acceptors (Lipinski definition) is 2. The van der Waals surface area contributed by atoms with Crippen molar-refractivity contribution in [2.45, 2.75) is 13.5 Å². The summed E-state index contributed by atoms with van der Waals surface area (Å²) in [6.45, 7) is 2.59. The summed E-state index contributed by atoms with van der Waals surface area (Å²) < 4.78 is 0. The number of benzene rings is 2. The smallest absolute Gasteiger partial charge is 0.250 e. The largest absolute Gasteiger partial charge is 0.384 e. The van der Waals surface area contributed by atoms with Crippen LogP contribution in [0.3, 0.4) is 0 Å². The fourth-order valence-electron chi connectivity index (χ4n) is 1.78. The Labute approximate surface area is 119 Å². The molecule has 0 radical (unpaired) electrons. The van der Waals surface area contributed by atoms with Crippen LogP contribution < -0.4 is 10.6 Å². The molecule has 0 aliphatic carbocycles. The van der Waals surface area contributed by atoms with Crippen molar-refractivity contribution in [1.82, 2.24) is 5.32 Å². The fraction of sp³-hybridized carbons (Fsp3) is 0.118. The first-order chi connectivity index (χ1) is 9.74. The number of para-hydroxylation sites is 1. The molecule has 2 aromatic rings. The van der Waals surface area contributed by atoms with Gasteiger partial charge in [-0.15, -0.1) is 0 Å². The summed E-state index contributed by atoms with van der Waals surface area (Å²) in [7, 11) is 0. The van der Waals surface area contributed by atoms with Crippen LogP contribution in [0.15, 0.2) is 72.4 Å². The van der Waals surface area contributed by atoms with Crippen LogP contribution in [0.25, 0.3) is 0 Å². The van der Waals surface area contributed by atoms with Crippen LogP contribution in [-0.2, 0) is 11.3 Å². The maximum Gasteiger partial charge on any atom is 0.250 e. The van der Waals surface area contributed by atoms with Gasteiger partial charge in [-0.25, -0.2) is 0 Å². The van der Waals surface area contributed by atoms with Gasteiger partial charge in [0.25, 0.3) is 0 Å². The number of amides is 1. The quantitative estimate of drug-likeness (QED) is 0.815. The first-order valence-electron chi connectivity index (χ1n) is 6.56. The summed E-state index contributed by atoms with van der Waals surface area (Å²) in [5.41, 5.74) is 2.82. The molecule has 2 rings (SSSR count). The molecule has 102 valence electrons. The molecule has 3 heteroatoms. The second-order valence-corrected chi connectivity index (χ2v) is 4.52. The van der Waals surface area contributed by atoms with E-state index in [1.54, 1.807) is 6.08 Å². The van der Waals surface area contributed by atoms with Gasteiger partial charge in [-0.3, -0.25) is 4.79 Å². The highest BCUT2D eigenvalue weighted by Crippen LogP contribution is 2.05. The maximum absolute atomic E-state index is 11.8. The summed E-state index contributed by atoms with van der Waals surface area (Å²) in [5.74, 6) is -0.130. The normalized spacial score (nSPS) is 10.9. The average molecular weight is 266 g/mol. The van der Waals surface area contributed by atoms with Gasteiger partial charge >= 0.3 is 0 Å². The van der Waals surface area contributed by atoms with Crippen molar-refractivity contribution in [3.63, 3.8) is 0 Å². The van der Waals surface area contributed by atoms with Gasteiger partial charge in [0.1, 0.15) is 0 Å². The maximum atomic E-state index is 11.8. The second kappa shape index (κ2) is 7.14. The number of rotatable bonds is 5. The first kappa shape index (κ1) is 13.9. The fourth-order valence-corrected chi connectivity index (χ4v) is 1.78. The van der Waals surface area contributed by atoms with Crippen LogP contribution in [0.4, 0.5) is 5.69 Å². The molecule has 3 nitrogen and oxygen atoms in total. The van der Waals surface area contributed by atoms with Crippen LogP contribution in [0.2, 0.25) is 0 Å². The van der Waals surface area contributed by atoms with E-state index < -0.39 is 0 Å². The Hall–Kier alpha value is -2.55. The molecule has 1 amide bonds. The SMILES string of the molecule is CC(=CC(=O)Nc1ccccc1)NCc1ccccc1. The molecule has 0 saturated carbocycles. The van der Waals surface area contributed by atoms with E-state index in [-0.39, 0.29) is 5.91 Å². The van der Waals surface area contributed by atoms with E-state index in [0.29, 0.717) is 6.54 Å². The molecule has 0 atom stereocenters. The van der Waals surface area contributed by atoms with Gasteiger partial charge in [0.05, 0.1) is 0 Å². The summed E-state index contributed by atoms with van der Waals surface area (Å²) in [5, 5.41) is 6.03. The zero-order chi connectivity index (χ0) is 14.2. The molecular weight excluding hydrogens is 248 g/mol. The van der Waals surface area contributed by atoms with Crippen molar-refractivity contribution in [1.29, 1.82) is 0 Å².